The number of amides is 1. The van der Waals surface area contributed by atoms with Crippen molar-refractivity contribution in [1.29, 1.82) is 0 Å². The van der Waals surface area contributed by atoms with E-state index in [1.807, 2.05) is 36.9 Å². The lowest BCUT2D eigenvalue weighted by Crippen LogP contribution is -2.39. The zero-order chi connectivity index (χ0) is 14.5. The molecule has 0 unspecified atom stereocenters. The standard InChI is InChI=1S/C16H25N3O/c1-3-19(11-15-6-4-5-12(2)18-15)16(20)13-7-9-14(17)10-8-13/h4-6,13-14H,3,7-11,17H2,1-2H3. The number of nitrogens with two attached hydrogens (primary N) is 1. The van der Waals surface area contributed by atoms with Crippen LogP contribution in [0.4, 0.5) is 0 Å². The largest absolute Gasteiger partial charge is 0.337 e. The molecule has 20 heavy (non-hydrogen) atoms. The van der Waals surface area contributed by atoms with Gasteiger partial charge in [-0.25, -0.2) is 0 Å². The van der Waals surface area contributed by atoms with E-state index in [1.54, 1.807) is 0 Å². The number of nitrogens with zero attached hydrogens (tertiary/aromatic N) is 2. The fourth-order valence-electron chi connectivity index (χ4n) is 2.85. The number of rotatable bonds is 4. The summed E-state index contributed by atoms with van der Waals surface area (Å²) >= 11 is 0. The van der Waals surface area contributed by atoms with E-state index in [1.165, 1.54) is 0 Å². The van der Waals surface area contributed by atoms with Gasteiger partial charge in [0.1, 0.15) is 0 Å². The lowest BCUT2D eigenvalue weighted by molar-refractivity contribution is -0.137. The molecule has 1 aromatic rings. The van der Waals surface area contributed by atoms with Crippen molar-refractivity contribution >= 4 is 5.91 Å². The molecule has 0 saturated heterocycles. The first-order valence-electron chi connectivity index (χ1n) is 7.57. The Labute approximate surface area is 121 Å². The van der Waals surface area contributed by atoms with Gasteiger partial charge in [0.15, 0.2) is 0 Å². The van der Waals surface area contributed by atoms with Gasteiger partial charge in [0.2, 0.25) is 5.91 Å². The maximum absolute atomic E-state index is 12.6. The zero-order valence-electron chi connectivity index (χ0n) is 12.5. The van der Waals surface area contributed by atoms with Crippen LogP contribution in [-0.2, 0) is 11.3 Å². The van der Waals surface area contributed by atoms with Crippen LogP contribution in [0.5, 0.6) is 0 Å². The molecule has 2 rings (SSSR count). The van der Waals surface area contributed by atoms with E-state index >= 15 is 0 Å². The third-order valence-corrected chi connectivity index (χ3v) is 4.11. The minimum absolute atomic E-state index is 0.152. The number of aromatic nitrogens is 1. The third kappa shape index (κ3) is 3.79. The predicted octanol–water partition coefficient (Wildman–Crippen LogP) is 2.26. The molecule has 0 aliphatic heterocycles. The number of hydrogen-bond donors (Lipinski definition) is 1. The molecule has 1 fully saturated rings. The van der Waals surface area contributed by atoms with Crippen LogP contribution in [0.3, 0.4) is 0 Å². The minimum Gasteiger partial charge on any atom is -0.337 e. The summed E-state index contributed by atoms with van der Waals surface area (Å²) in [5.41, 5.74) is 7.87. The molecule has 0 atom stereocenters. The Bertz CT molecular complexity index is 453. The monoisotopic (exact) mass is 275 g/mol. The van der Waals surface area contributed by atoms with Crippen LogP contribution >= 0.6 is 0 Å². The quantitative estimate of drug-likeness (QED) is 0.917. The molecule has 4 nitrogen and oxygen atoms in total. The van der Waals surface area contributed by atoms with Crippen LogP contribution in [0, 0.1) is 12.8 Å². The Morgan fingerprint density at radius 1 is 1.35 bits per heavy atom. The molecule has 110 valence electrons. The average molecular weight is 275 g/mol. The summed E-state index contributed by atoms with van der Waals surface area (Å²) < 4.78 is 0. The van der Waals surface area contributed by atoms with E-state index in [-0.39, 0.29) is 17.9 Å². The van der Waals surface area contributed by atoms with Crippen LogP contribution in [0.15, 0.2) is 18.2 Å². The van der Waals surface area contributed by atoms with Crippen molar-refractivity contribution in [2.24, 2.45) is 11.7 Å². The van der Waals surface area contributed by atoms with Crippen LogP contribution in [0.25, 0.3) is 0 Å². The zero-order valence-corrected chi connectivity index (χ0v) is 12.5. The Balaban J connectivity index is 1.99. The molecular formula is C16H25N3O. The second kappa shape index (κ2) is 6.84. The SMILES string of the molecule is CCN(Cc1cccc(C)n1)C(=O)C1CCC(N)CC1. The maximum atomic E-state index is 12.6. The second-order valence-corrected chi connectivity index (χ2v) is 5.73. The van der Waals surface area contributed by atoms with Crippen molar-refractivity contribution in [3.8, 4) is 0 Å². The number of hydrogen-bond acceptors (Lipinski definition) is 3. The number of pyridine rings is 1. The van der Waals surface area contributed by atoms with E-state index in [2.05, 4.69) is 4.98 Å². The fraction of sp³-hybridized carbons (Fsp3) is 0.625. The summed E-state index contributed by atoms with van der Waals surface area (Å²) in [4.78, 5) is 19.0. The molecule has 1 aliphatic rings. The molecule has 4 heteroatoms. The molecule has 1 amide bonds. The predicted molar refractivity (Wildman–Crippen MR) is 80.0 cm³/mol. The van der Waals surface area contributed by atoms with Gasteiger partial charge in [-0.05, 0) is 51.7 Å². The Morgan fingerprint density at radius 3 is 2.65 bits per heavy atom. The van der Waals surface area contributed by atoms with Gasteiger partial charge in [0.25, 0.3) is 0 Å². The van der Waals surface area contributed by atoms with Crippen LogP contribution in [0.1, 0.15) is 44.0 Å². The first-order valence-corrected chi connectivity index (χ1v) is 7.57. The van der Waals surface area contributed by atoms with E-state index in [0.717, 1.165) is 43.6 Å². The number of carbonyl (C=O) groups excluding carboxylic acids is 1. The summed E-state index contributed by atoms with van der Waals surface area (Å²) in [6, 6.07) is 6.24. The van der Waals surface area contributed by atoms with Crippen molar-refractivity contribution in [2.75, 3.05) is 6.54 Å². The second-order valence-electron chi connectivity index (χ2n) is 5.73. The average Bonchev–Trinajstić information content (AvgIpc) is 2.45. The maximum Gasteiger partial charge on any atom is 0.226 e. The fourth-order valence-corrected chi connectivity index (χ4v) is 2.85. The molecular weight excluding hydrogens is 250 g/mol. The van der Waals surface area contributed by atoms with Crippen LogP contribution < -0.4 is 5.73 Å². The highest BCUT2D eigenvalue weighted by Crippen LogP contribution is 2.25. The Kier molecular flexibility index (Phi) is 5.12. The summed E-state index contributed by atoms with van der Waals surface area (Å²) in [7, 11) is 0. The Morgan fingerprint density at radius 2 is 2.05 bits per heavy atom. The number of aryl methyl sites for hydroxylation is 1. The lowest BCUT2D eigenvalue weighted by Gasteiger charge is -2.30. The molecule has 2 N–H and O–H groups in total. The summed E-state index contributed by atoms with van der Waals surface area (Å²) in [6.07, 6.45) is 3.79. The lowest BCUT2D eigenvalue weighted by atomic mass is 9.85. The normalized spacial score (nSPS) is 22.6. The van der Waals surface area contributed by atoms with Crippen molar-refractivity contribution in [3.05, 3.63) is 29.6 Å². The van der Waals surface area contributed by atoms with Crippen molar-refractivity contribution in [2.45, 2.75) is 52.1 Å². The molecule has 1 aliphatic carbocycles. The van der Waals surface area contributed by atoms with E-state index in [0.29, 0.717) is 6.54 Å². The number of carbonyl (C=O) groups is 1. The molecule has 0 bridgehead atoms. The van der Waals surface area contributed by atoms with Gasteiger partial charge in [0, 0.05) is 24.2 Å². The van der Waals surface area contributed by atoms with Gasteiger partial charge in [0.05, 0.1) is 12.2 Å². The van der Waals surface area contributed by atoms with Gasteiger partial charge in [-0.15, -0.1) is 0 Å². The van der Waals surface area contributed by atoms with Gasteiger partial charge in [-0.3, -0.25) is 9.78 Å². The smallest absolute Gasteiger partial charge is 0.226 e. The summed E-state index contributed by atoms with van der Waals surface area (Å²) in [6.45, 7) is 5.35. The summed E-state index contributed by atoms with van der Waals surface area (Å²) in [5, 5.41) is 0. The summed E-state index contributed by atoms with van der Waals surface area (Å²) in [5.74, 6) is 0.419. The van der Waals surface area contributed by atoms with Gasteiger partial charge >= 0.3 is 0 Å². The molecule has 0 aromatic carbocycles. The van der Waals surface area contributed by atoms with Gasteiger partial charge in [-0.2, -0.15) is 0 Å². The highest BCUT2D eigenvalue weighted by atomic mass is 16.2. The molecule has 0 radical (unpaired) electrons. The van der Waals surface area contributed by atoms with E-state index < -0.39 is 0 Å². The minimum atomic E-state index is 0.152. The van der Waals surface area contributed by atoms with Crippen molar-refractivity contribution in [1.82, 2.24) is 9.88 Å². The van der Waals surface area contributed by atoms with Gasteiger partial charge < -0.3 is 10.6 Å². The van der Waals surface area contributed by atoms with E-state index in [9.17, 15) is 4.79 Å². The molecule has 1 saturated carbocycles. The van der Waals surface area contributed by atoms with Crippen molar-refractivity contribution < 1.29 is 4.79 Å². The van der Waals surface area contributed by atoms with Crippen LogP contribution in [0.2, 0.25) is 0 Å². The molecule has 0 spiro atoms. The first kappa shape index (κ1) is 15.0. The van der Waals surface area contributed by atoms with Crippen molar-refractivity contribution in [3.63, 3.8) is 0 Å². The highest BCUT2D eigenvalue weighted by Gasteiger charge is 2.27. The first-order chi connectivity index (χ1) is 9.60. The molecule has 1 heterocycles. The third-order valence-electron chi connectivity index (χ3n) is 4.11. The Hall–Kier alpha value is -1.42. The van der Waals surface area contributed by atoms with Crippen LogP contribution in [-0.4, -0.2) is 28.4 Å². The highest BCUT2D eigenvalue weighted by molar-refractivity contribution is 5.78. The van der Waals surface area contributed by atoms with E-state index in [4.69, 9.17) is 5.73 Å². The molecule has 1 aromatic heterocycles. The topological polar surface area (TPSA) is 59.2 Å². The van der Waals surface area contributed by atoms with Gasteiger partial charge in [-0.1, -0.05) is 6.07 Å².